The zero-order valence-electron chi connectivity index (χ0n) is 12.1. The number of aryl methyl sites for hydroxylation is 1. The Morgan fingerprint density at radius 1 is 0.952 bits per heavy atom. The molecule has 1 aromatic heterocycles. The average Bonchev–Trinajstić information content (AvgIpc) is 2.53. The van der Waals surface area contributed by atoms with Gasteiger partial charge in [0.2, 0.25) is 0 Å². The van der Waals surface area contributed by atoms with Gasteiger partial charge in [0, 0.05) is 5.69 Å². The normalized spacial score (nSPS) is 10.6. The van der Waals surface area contributed by atoms with E-state index >= 15 is 0 Å². The number of fused-ring (bicyclic) bond motifs is 1. The van der Waals surface area contributed by atoms with Crippen LogP contribution < -0.4 is 10.1 Å². The largest absolute Gasteiger partial charge is 0.497 e. The lowest BCUT2D eigenvalue weighted by Crippen LogP contribution is -2.05. The van der Waals surface area contributed by atoms with Crippen LogP contribution in [0, 0.1) is 6.92 Å². The van der Waals surface area contributed by atoms with Crippen molar-refractivity contribution in [2.75, 3.05) is 12.4 Å². The molecule has 3 rings (SSSR count). The SMILES string of the molecule is COc1ccc(NCc2nc3ccccc3nc2C)cc1. The molecule has 4 heteroatoms. The van der Waals surface area contributed by atoms with Crippen molar-refractivity contribution in [3.63, 3.8) is 0 Å². The smallest absolute Gasteiger partial charge is 0.119 e. The van der Waals surface area contributed by atoms with E-state index in [1.807, 2.05) is 55.5 Å². The lowest BCUT2D eigenvalue weighted by Gasteiger charge is -2.09. The number of para-hydroxylation sites is 2. The van der Waals surface area contributed by atoms with Crippen molar-refractivity contribution < 1.29 is 4.74 Å². The second kappa shape index (κ2) is 5.79. The maximum absolute atomic E-state index is 5.15. The van der Waals surface area contributed by atoms with E-state index in [0.717, 1.165) is 33.9 Å². The van der Waals surface area contributed by atoms with E-state index in [2.05, 4.69) is 15.3 Å². The predicted octanol–water partition coefficient (Wildman–Crippen LogP) is 3.56. The van der Waals surface area contributed by atoms with Gasteiger partial charge in [-0.05, 0) is 43.3 Å². The second-order valence-corrected chi connectivity index (χ2v) is 4.83. The molecule has 2 aromatic carbocycles. The number of hydrogen-bond donors (Lipinski definition) is 1. The minimum absolute atomic E-state index is 0.649. The Hall–Kier alpha value is -2.62. The third kappa shape index (κ3) is 2.94. The quantitative estimate of drug-likeness (QED) is 0.793. The minimum atomic E-state index is 0.649. The summed E-state index contributed by atoms with van der Waals surface area (Å²) in [5.41, 5.74) is 4.81. The summed E-state index contributed by atoms with van der Waals surface area (Å²) in [4.78, 5) is 9.27. The fraction of sp³-hybridized carbons (Fsp3) is 0.176. The van der Waals surface area contributed by atoms with Gasteiger partial charge in [-0.2, -0.15) is 0 Å². The van der Waals surface area contributed by atoms with E-state index < -0.39 is 0 Å². The van der Waals surface area contributed by atoms with Gasteiger partial charge in [-0.3, -0.25) is 0 Å². The summed E-state index contributed by atoms with van der Waals surface area (Å²) in [5, 5.41) is 3.36. The molecule has 1 heterocycles. The lowest BCUT2D eigenvalue weighted by atomic mass is 10.2. The molecule has 21 heavy (non-hydrogen) atoms. The Morgan fingerprint density at radius 2 is 1.62 bits per heavy atom. The Morgan fingerprint density at radius 3 is 2.29 bits per heavy atom. The zero-order chi connectivity index (χ0) is 14.7. The van der Waals surface area contributed by atoms with Crippen molar-refractivity contribution in [3.8, 4) is 5.75 Å². The Labute approximate surface area is 123 Å². The number of anilines is 1. The molecule has 0 fully saturated rings. The number of nitrogens with one attached hydrogen (secondary N) is 1. The summed E-state index contributed by atoms with van der Waals surface area (Å²) >= 11 is 0. The number of nitrogens with zero attached hydrogens (tertiary/aromatic N) is 2. The summed E-state index contributed by atoms with van der Waals surface area (Å²) in [5.74, 6) is 0.849. The van der Waals surface area contributed by atoms with Crippen molar-refractivity contribution in [3.05, 3.63) is 59.9 Å². The number of methoxy groups -OCH3 is 1. The second-order valence-electron chi connectivity index (χ2n) is 4.83. The van der Waals surface area contributed by atoms with Crippen LogP contribution >= 0.6 is 0 Å². The Bertz CT molecular complexity index is 754. The van der Waals surface area contributed by atoms with Gasteiger partial charge in [-0.1, -0.05) is 12.1 Å². The van der Waals surface area contributed by atoms with Crippen molar-refractivity contribution in [1.82, 2.24) is 9.97 Å². The van der Waals surface area contributed by atoms with E-state index in [1.165, 1.54) is 0 Å². The Kier molecular flexibility index (Phi) is 3.69. The maximum atomic E-state index is 5.15. The number of rotatable bonds is 4. The molecule has 106 valence electrons. The summed E-state index contributed by atoms with van der Waals surface area (Å²) in [6.45, 7) is 2.64. The molecule has 0 saturated carbocycles. The highest BCUT2D eigenvalue weighted by atomic mass is 16.5. The molecule has 0 radical (unpaired) electrons. The first kappa shape index (κ1) is 13.4. The van der Waals surface area contributed by atoms with Crippen LogP contribution in [0.1, 0.15) is 11.4 Å². The van der Waals surface area contributed by atoms with Gasteiger partial charge in [-0.15, -0.1) is 0 Å². The van der Waals surface area contributed by atoms with Crippen LogP contribution in [0.2, 0.25) is 0 Å². The third-order valence-electron chi connectivity index (χ3n) is 3.39. The molecule has 0 spiro atoms. The third-order valence-corrected chi connectivity index (χ3v) is 3.39. The number of benzene rings is 2. The monoisotopic (exact) mass is 279 g/mol. The molecule has 0 unspecified atom stereocenters. The van der Waals surface area contributed by atoms with Crippen LogP contribution in [0.3, 0.4) is 0 Å². The van der Waals surface area contributed by atoms with Crippen molar-refractivity contribution in [2.45, 2.75) is 13.5 Å². The van der Waals surface area contributed by atoms with E-state index in [0.29, 0.717) is 6.54 Å². The van der Waals surface area contributed by atoms with Gasteiger partial charge in [-0.25, -0.2) is 9.97 Å². The van der Waals surface area contributed by atoms with E-state index in [4.69, 9.17) is 4.74 Å². The number of ether oxygens (including phenoxy) is 1. The zero-order valence-corrected chi connectivity index (χ0v) is 12.1. The van der Waals surface area contributed by atoms with Gasteiger partial charge < -0.3 is 10.1 Å². The molecule has 3 aromatic rings. The van der Waals surface area contributed by atoms with Gasteiger partial charge >= 0.3 is 0 Å². The van der Waals surface area contributed by atoms with Crippen LogP contribution in [0.4, 0.5) is 5.69 Å². The summed E-state index contributed by atoms with van der Waals surface area (Å²) in [7, 11) is 1.66. The van der Waals surface area contributed by atoms with Crippen molar-refractivity contribution >= 4 is 16.7 Å². The van der Waals surface area contributed by atoms with E-state index in [9.17, 15) is 0 Å². The molecule has 0 aliphatic carbocycles. The fourth-order valence-electron chi connectivity index (χ4n) is 2.19. The van der Waals surface area contributed by atoms with Crippen LogP contribution in [-0.2, 0) is 6.54 Å². The van der Waals surface area contributed by atoms with E-state index in [-0.39, 0.29) is 0 Å². The Balaban J connectivity index is 1.79. The summed E-state index contributed by atoms with van der Waals surface area (Å²) < 4.78 is 5.15. The van der Waals surface area contributed by atoms with Crippen LogP contribution in [0.25, 0.3) is 11.0 Å². The van der Waals surface area contributed by atoms with Crippen LogP contribution in [-0.4, -0.2) is 17.1 Å². The topological polar surface area (TPSA) is 47.0 Å². The molecule has 0 bridgehead atoms. The summed E-state index contributed by atoms with van der Waals surface area (Å²) in [6.07, 6.45) is 0. The standard InChI is InChI=1S/C17H17N3O/c1-12-17(20-16-6-4-3-5-15(16)19-12)11-18-13-7-9-14(21-2)10-8-13/h3-10,18H,11H2,1-2H3. The molecule has 0 saturated heterocycles. The van der Waals surface area contributed by atoms with Gasteiger partial charge in [0.05, 0.1) is 36.1 Å². The summed E-state index contributed by atoms with van der Waals surface area (Å²) in [6, 6.07) is 15.8. The molecular formula is C17H17N3O. The first-order valence-electron chi connectivity index (χ1n) is 6.86. The number of hydrogen-bond acceptors (Lipinski definition) is 4. The number of aromatic nitrogens is 2. The van der Waals surface area contributed by atoms with Gasteiger partial charge in [0.1, 0.15) is 5.75 Å². The molecule has 4 nitrogen and oxygen atoms in total. The van der Waals surface area contributed by atoms with Gasteiger partial charge in [0.15, 0.2) is 0 Å². The van der Waals surface area contributed by atoms with Crippen LogP contribution in [0.5, 0.6) is 5.75 Å². The minimum Gasteiger partial charge on any atom is -0.497 e. The molecular weight excluding hydrogens is 262 g/mol. The van der Waals surface area contributed by atoms with E-state index in [1.54, 1.807) is 7.11 Å². The highest BCUT2D eigenvalue weighted by Gasteiger charge is 2.04. The first-order valence-corrected chi connectivity index (χ1v) is 6.86. The highest BCUT2D eigenvalue weighted by Crippen LogP contribution is 2.17. The fourth-order valence-corrected chi connectivity index (χ4v) is 2.19. The lowest BCUT2D eigenvalue weighted by molar-refractivity contribution is 0.415. The highest BCUT2D eigenvalue weighted by molar-refractivity contribution is 5.74. The molecule has 0 aliphatic rings. The predicted molar refractivity (Wildman–Crippen MR) is 84.6 cm³/mol. The first-order chi connectivity index (χ1) is 10.3. The molecule has 0 atom stereocenters. The molecule has 0 aliphatic heterocycles. The average molecular weight is 279 g/mol. The molecule has 1 N–H and O–H groups in total. The van der Waals surface area contributed by atoms with Gasteiger partial charge in [0.25, 0.3) is 0 Å². The molecule has 0 amide bonds. The maximum Gasteiger partial charge on any atom is 0.119 e. The van der Waals surface area contributed by atoms with Crippen molar-refractivity contribution in [1.29, 1.82) is 0 Å². The van der Waals surface area contributed by atoms with Crippen molar-refractivity contribution in [2.24, 2.45) is 0 Å². The van der Waals surface area contributed by atoms with Crippen LogP contribution in [0.15, 0.2) is 48.5 Å².